The normalized spacial score (nSPS) is 17.1. The number of fused-ring (bicyclic) bond motifs is 1. The lowest BCUT2D eigenvalue weighted by Gasteiger charge is -2.38. The van der Waals surface area contributed by atoms with Gasteiger partial charge < -0.3 is 30.2 Å². The van der Waals surface area contributed by atoms with Gasteiger partial charge in [0.2, 0.25) is 11.7 Å². The molecule has 1 atom stereocenters. The Hall–Kier alpha value is -4.47. The highest BCUT2D eigenvalue weighted by Gasteiger charge is 2.36. The topological polar surface area (TPSA) is 121 Å². The van der Waals surface area contributed by atoms with Crippen LogP contribution in [0.15, 0.2) is 55.1 Å². The maximum Gasteiger partial charge on any atom is 0.254 e. The number of nitrogens with two attached hydrogens (primary N) is 1. The summed E-state index contributed by atoms with van der Waals surface area (Å²) in [6.07, 6.45) is 3.90. The molecule has 10 heteroatoms. The lowest BCUT2D eigenvalue weighted by Crippen LogP contribution is -2.41. The Morgan fingerprint density at radius 2 is 1.74 bits per heavy atom. The quantitative estimate of drug-likeness (QED) is 0.417. The van der Waals surface area contributed by atoms with Crippen molar-refractivity contribution in [2.45, 2.75) is 25.3 Å². The summed E-state index contributed by atoms with van der Waals surface area (Å²) in [4.78, 5) is 26.7. The number of piperidine rings is 1. The van der Waals surface area contributed by atoms with E-state index in [2.05, 4.69) is 11.9 Å². The molecule has 1 unspecified atom stereocenters. The molecule has 2 aliphatic heterocycles. The maximum absolute atomic E-state index is 12.8. The SMILES string of the molecule is C=CC(=O)N1CCC(C2CCNc3c(C(N)=O)c(-c4cc(OC)c(Oc5ccccc5)c(OC)c4)nn32)CC1. The highest BCUT2D eigenvalue weighted by atomic mass is 16.5. The molecule has 0 saturated carbocycles. The molecule has 2 aliphatic rings. The summed E-state index contributed by atoms with van der Waals surface area (Å²) in [5.41, 5.74) is 7.29. The molecule has 0 radical (unpaired) electrons. The third-order valence-corrected chi connectivity index (χ3v) is 7.47. The standard InChI is InChI=1S/C29H33N5O5/c1-4-24(35)33-14-11-18(12-15-33)21-10-13-31-29-25(28(30)36)26(32-34(21)29)19-16-22(37-2)27(23(17-19)38-3)39-20-8-6-5-7-9-20/h4-9,16-18,21,31H,1,10-15H2,2-3H3,(H2,30,36). The van der Waals surface area contributed by atoms with E-state index >= 15 is 0 Å². The summed E-state index contributed by atoms with van der Waals surface area (Å²) < 4.78 is 19.3. The molecular weight excluding hydrogens is 498 g/mol. The molecule has 0 aliphatic carbocycles. The van der Waals surface area contributed by atoms with Crippen LogP contribution in [-0.4, -0.2) is 60.3 Å². The second-order valence-corrected chi connectivity index (χ2v) is 9.66. The van der Waals surface area contributed by atoms with Crippen LogP contribution in [0, 0.1) is 5.92 Å². The van der Waals surface area contributed by atoms with Crippen molar-refractivity contribution in [3.63, 3.8) is 0 Å². The third kappa shape index (κ3) is 5.01. The van der Waals surface area contributed by atoms with Gasteiger partial charge in [-0.25, -0.2) is 4.68 Å². The maximum atomic E-state index is 12.8. The van der Waals surface area contributed by atoms with Gasteiger partial charge in [0.05, 0.1) is 20.3 Å². The summed E-state index contributed by atoms with van der Waals surface area (Å²) in [6, 6.07) is 13.0. The Balaban J connectivity index is 1.53. The number of likely N-dealkylation sites (tertiary alicyclic amines) is 1. The molecule has 3 N–H and O–H groups in total. The van der Waals surface area contributed by atoms with E-state index < -0.39 is 5.91 Å². The van der Waals surface area contributed by atoms with Crippen LogP contribution in [0.4, 0.5) is 5.82 Å². The first-order valence-electron chi connectivity index (χ1n) is 13.0. The number of rotatable bonds is 8. The Kier molecular flexibility index (Phi) is 7.44. The molecule has 0 bridgehead atoms. The summed E-state index contributed by atoms with van der Waals surface area (Å²) in [7, 11) is 3.09. The van der Waals surface area contributed by atoms with Crippen LogP contribution >= 0.6 is 0 Å². The fourth-order valence-corrected chi connectivity index (χ4v) is 5.53. The van der Waals surface area contributed by atoms with Gasteiger partial charge in [-0.3, -0.25) is 9.59 Å². The van der Waals surface area contributed by atoms with Gasteiger partial charge in [0, 0.05) is 25.2 Å². The monoisotopic (exact) mass is 531 g/mol. The van der Waals surface area contributed by atoms with Crippen LogP contribution in [0.5, 0.6) is 23.0 Å². The lowest BCUT2D eigenvalue weighted by molar-refractivity contribution is -0.127. The van der Waals surface area contributed by atoms with E-state index in [0.29, 0.717) is 71.2 Å². The number of benzene rings is 2. The number of nitrogens with zero attached hydrogens (tertiary/aromatic N) is 3. The zero-order valence-electron chi connectivity index (χ0n) is 22.2. The van der Waals surface area contributed by atoms with Crippen molar-refractivity contribution in [1.29, 1.82) is 0 Å². The molecule has 3 heterocycles. The average Bonchev–Trinajstić information content (AvgIpc) is 3.37. The van der Waals surface area contributed by atoms with Crippen LogP contribution in [0.1, 0.15) is 35.7 Å². The molecule has 2 amide bonds. The smallest absolute Gasteiger partial charge is 0.254 e. The average molecular weight is 532 g/mol. The van der Waals surface area contributed by atoms with E-state index in [1.165, 1.54) is 6.08 Å². The number of carbonyl (C=O) groups is 2. The number of hydrogen-bond donors (Lipinski definition) is 2. The van der Waals surface area contributed by atoms with Crippen LogP contribution in [-0.2, 0) is 4.79 Å². The summed E-state index contributed by atoms with van der Waals surface area (Å²) in [5, 5.41) is 8.28. The van der Waals surface area contributed by atoms with Gasteiger partial charge in [0.25, 0.3) is 5.91 Å². The summed E-state index contributed by atoms with van der Waals surface area (Å²) in [6.45, 7) is 5.63. The van der Waals surface area contributed by atoms with Gasteiger partial charge in [-0.05, 0) is 55.5 Å². The number of primary amides is 1. The van der Waals surface area contributed by atoms with Gasteiger partial charge in [0.15, 0.2) is 11.5 Å². The molecule has 1 aromatic heterocycles. The highest BCUT2D eigenvalue weighted by molar-refractivity contribution is 6.04. The van der Waals surface area contributed by atoms with E-state index in [1.807, 2.05) is 39.9 Å². The van der Waals surface area contributed by atoms with Crippen molar-refractivity contribution < 1.29 is 23.8 Å². The Bertz CT molecular complexity index is 1350. The van der Waals surface area contributed by atoms with E-state index in [-0.39, 0.29) is 11.9 Å². The molecule has 1 saturated heterocycles. The van der Waals surface area contributed by atoms with Crippen LogP contribution in [0.3, 0.4) is 0 Å². The van der Waals surface area contributed by atoms with Crippen molar-refractivity contribution in [3.05, 3.63) is 60.7 Å². The van der Waals surface area contributed by atoms with Crippen molar-refractivity contribution in [2.24, 2.45) is 11.7 Å². The van der Waals surface area contributed by atoms with Crippen molar-refractivity contribution in [1.82, 2.24) is 14.7 Å². The van der Waals surface area contributed by atoms with Gasteiger partial charge in [-0.15, -0.1) is 0 Å². The van der Waals surface area contributed by atoms with Crippen LogP contribution in [0.2, 0.25) is 0 Å². The molecule has 204 valence electrons. The number of aromatic nitrogens is 2. The first kappa shape index (κ1) is 26.1. The minimum atomic E-state index is -0.576. The zero-order valence-corrected chi connectivity index (χ0v) is 22.2. The fraction of sp³-hybridized carbons (Fsp3) is 0.345. The predicted molar refractivity (Wildman–Crippen MR) is 147 cm³/mol. The number of anilines is 1. The predicted octanol–water partition coefficient (Wildman–Crippen LogP) is 4.24. The van der Waals surface area contributed by atoms with Gasteiger partial charge in [0.1, 0.15) is 22.8 Å². The lowest BCUT2D eigenvalue weighted by atomic mass is 9.87. The molecule has 0 spiro atoms. The summed E-state index contributed by atoms with van der Waals surface area (Å²) in [5.74, 6) is 2.20. The van der Waals surface area contributed by atoms with E-state index in [4.69, 9.17) is 25.0 Å². The Morgan fingerprint density at radius 3 is 2.33 bits per heavy atom. The number of amides is 2. The van der Waals surface area contributed by atoms with Gasteiger partial charge >= 0.3 is 0 Å². The number of methoxy groups -OCH3 is 2. The van der Waals surface area contributed by atoms with Crippen molar-refractivity contribution >= 4 is 17.6 Å². The zero-order chi connectivity index (χ0) is 27.5. The molecular formula is C29H33N5O5. The molecule has 39 heavy (non-hydrogen) atoms. The van der Waals surface area contributed by atoms with E-state index in [9.17, 15) is 9.59 Å². The van der Waals surface area contributed by atoms with Gasteiger partial charge in [-0.2, -0.15) is 5.10 Å². The van der Waals surface area contributed by atoms with Crippen molar-refractivity contribution in [3.8, 4) is 34.3 Å². The largest absolute Gasteiger partial charge is 0.493 e. The third-order valence-electron chi connectivity index (χ3n) is 7.47. The second-order valence-electron chi connectivity index (χ2n) is 9.66. The molecule has 2 aromatic carbocycles. The molecule has 3 aromatic rings. The number of nitrogens with one attached hydrogen (secondary N) is 1. The molecule has 10 nitrogen and oxygen atoms in total. The van der Waals surface area contributed by atoms with Gasteiger partial charge in [-0.1, -0.05) is 24.8 Å². The van der Waals surface area contributed by atoms with Crippen LogP contribution in [0.25, 0.3) is 11.3 Å². The highest BCUT2D eigenvalue weighted by Crippen LogP contribution is 2.46. The number of para-hydroxylation sites is 1. The Labute approximate surface area is 227 Å². The van der Waals surface area contributed by atoms with E-state index in [0.717, 1.165) is 19.3 Å². The first-order chi connectivity index (χ1) is 18.9. The van der Waals surface area contributed by atoms with Crippen LogP contribution < -0.4 is 25.3 Å². The molecule has 5 rings (SSSR count). The summed E-state index contributed by atoms with van der Waals surface area (Å²) >= 11 is 0. The minimum absolute atomic E-state index is 0.0422. The minimum Gasteiger partial charge on any atom is -0.493 e. The Morgan fingerprint density at radius 1 is 1.08 bits per heavy atom. The number of carbonyl (C=O) groups excluding carboxylic acids is 2. The first-order valence-corrected chi connectivity index (χ1v) is 13.0. The fourth-order valence-electron chi connectivity index (χ4n) is 5.53. The second kappa shape index (κ2) is 11.1. The van der Waals surface area contributed by atoms with E-state index in [1.54, 1.807) is 26.4 Å². The number of ether oxygens (including phenoxy) is 3. The molecule has 1 fully saturated rings. The number of hydrogen-bond acceptors (Lipinski definition) is 7. The van der Waals surface area contributed by atoms with Crippen molar-refractivity contribution in [2.75, 3.05) is 39.2 Å².